The molecule has 0 radical (unpaired) electrons. The molecule has 0 unspecified atom stereocenters. The van der Waals surface area contributed by atoms with E-state index in [2.05, 4.69) is 15.2 Å². The van der Waals surface area contributed by atoms with Crippen molar-refractivity contribution in [3.8, 4) is 5.75 Å². The molecule has 2 fully saturated rings. The molecule has 138 valence electrons. The fourth-order valence-electron chi connectivity index (χ4n) is 3.96. The van der Waals surface area contributed by atoms with Gasteiger partial charge in [-0.15, -0.1) is 0 Å². The Morgan fingerprint density at radius 3 is 2.68 bits per heavy atom. The molecule has 1 amide bonds. The van der Waals surface area contributed by atoms with E-state index in [1.807, 2.05) is 0 Å². The van der Waals surface area contributed by atoms with Gasteiger partial charge in [-0.25, -0.2) is 0 Å². The molecule has 1 aromatic heterocycles. The second kappa shape index (κ2) is 8.63. The largest absolute Gasteiger partial charge is 0.506 e. The highest BCUT2D eigenvalue weighted by molar-refractivity contribution is 5.78. The van der Waals surface area contributed by atoms with Gasteiger partial charge < -0.3 is 15.2 Å². The lowest BCUT2D eigenvalue weighted by atomic mass is 9.73. The zero-order chi connectivity index (χ0) is 17.5. The molecular formula is C19H29N3O3. The van der Waals surface area contributed by atoms with Crippen LogP contribution in [-0.4, -0.2) is 60.3 Å². The average Bonchev–Trinajstić information content (AvgIpc) is 2.64. The first kappa shape index (κ1) is 18.1. The number of hydrogen-bond donors (Lipinski definition) is 2. The Morgan fingerprint density at radius 1 is 1.24 bits per heavy atom. The van der Waals surface area contributed by atoms with E-state index in [9.17, 15) is 9.90 Å². The van der Waals surface area contributed by atoms with E-state index in [1.165, 1.54) is 38.3 Å². The summed E-state index contributed by atoms with van der Waals surface area (Å²) in [6.45, 7) is 5.40. The molecule has 3 rings (SSSR count). The van der Waals surface area contributed by atoms with Gasteiger partial charge in [-0.3, -0.25) is 14.7 Å². The molecule has 0 spiro atoms. The van der Waals surface area contributed by atoms with E-state index in [4.69, 9.17) is 4.74 Å². The van der Waals surface area contributed by atoms with Gasteiger partial charge in [0.05, 0.1) is 25.8 Å². The Morgan fingerprint density at radius 2 is 2.00 bits per heavy atom. The normalized spacial score (nSPS) is 21.0. The monoisotopic (exact) mass is 347 g/mol. The molecule has 2 aliphatic rings. The number of ether oxygens (including phenoxy) is 1. The number of aromatic hydroxyl groups is 1. The minimum absolute atomic E-state index is 0.00474. The van der Waals surface area contributed by atoms with Crippen molar-refractivity contribution in [1.82, 2.24) is 15.2 Å². The minimum atomic E-state index is 0.00474. The fraction of sp³-hybridized carbons (Fsp3) is 0.684. The maximum absolute atomic E-state index is 12.3. The third kappa shape index (κ3) is 5.41. The molecule has 1 aromatic rings. The van der Waals surface area contributed by atoms with Gasteiger partial charge >= 0.3 is 0 Å². The van der Waals surface area contributed by atoms with Gasteiger partial charge in [0.1, 0.15) is 5.75 Å². The summed E-state index contributed by atoms with van der Waals surface area (Å²) in [5.74, 6) is 0.126. The summed E-state index contributed by atoms with van der Waals surface area (Å²) in [5.41, 5.74) is 0.870. The maximum atomic E-state index is 12.3. The van der Waals surface area contributed by atoms with E-state index in [0.717, 1.165) is 39.4 Å². The summed E-state index contributed by atoms with van der Waals surface area (Å²) in [7, 11) is 0. The summed E-state index contributed by atoms with van der Waals surface area (Å²) < 4.78 is 5.46. The third-order valence-electron chi connectivity index (χ3n) is 5.39. The van der Waals surface area contributed by atoms with Crippen molar-refractivity contribution in [2.24, 2.45) is 5.41 Å². The van der Waals surface area contributed by atoms with Crippen LogP contribution in [0.15, 0.2) is 18.3 Å². The second-order valence-electron chi connectivity index (χ2n) is 7.41. The molecule has 2 N–H and O–H groups in total. The highest BCUT2D eigenvalue weighted by Crippen LogP contribution is 2.36. The summed E-state index contributed by atoms with van der Waals surface area (Å²) in [4.78, 5) is 18.9. The van der Waals surface area contributed by atoms with Crippen LogP contribution in [0.4, 0.5) is 0 Å². The molecule has 1 saturated carbocycles. The first-order valence-corrected chi connectivity index (χ1v) is 9.36. The van der Waals surface area contributed by atoms with Gasteiger partial charge in [0, 0.05) is 37.3 Å². The number of hydrogen-bond acceptors (Lipinski definition) is 5. The molecule has 1 aliphatic heterocycles. The SMILES string of the molecule is O=C(Cc1ccc(O)cn1)NCC1(CN2CCOCC2)CCCCC1. The highest BCUT2D eigenvalue weighted by Gasteiger charge is 2.34. The van der Waals surface area contributed by atoms with Crippen molar-refractivity contribution in [2.45, 2.75) is 38.5 Å². The number of nitrogens with zero attached hydrogens (tertiary/aromatic N) is 2. The third-order valence-corrected chi connectivity index (χ3v) is 5.39. The van der Waals surface area contributed by atoms with Crippen LogP contribution in [0.5, 0.6) is 5.75 Å². The molecule has 0 atom stereocenters. The Bertz CT molecular complexity index is 550. The van der Waals surface area contributed by atoms with E-state index in [-0.39, 0.29) is 23.5 Å². The smallest absolute Gasteiger partial charge is 0.226 e. The predicted octanol–water partition coefficient (Wildman–Crippen LogP) is 1.73. The Hall–Kier alpha value is -1.66. The lowest BCUT2D eigenvalue weighted by Gasteiger charge is -2.42. The molecule has 6 nitrogen and oxygen atoms in total. The average molecular weight is 347 g/mol. The van der Waals surface area contributed by atoms with Crippen molar-refractivity contribution < 1.29 is 14.6 Å². The zero-order valence-corrected chi connectivity index (χ0v) is 14.9. The number of morpholine rings is 1. The number of amides is 1. The molecule has 1 aliphatic carbocycles. The summed E-state index contributed by atoms with van der Waals surface area (Å²) >= 11 is 0. The maximum Gasteiger partial charge on any atom is 0.226 e. The van der Waals surface area contributed by atoms with Gasteiger partial charge in [-0.2, -0.15) is 0 Å². The summed E-state index contributed by atoms with van der Waals surface area (Å²) in [6.07, 6.45) is 7.80. The molecular weight excluding hydrogens is 318 g/mol. The van der Waals surface area contributed by atoms with Gasteiger partial charge in [-0.05, 0) is 25.0 Å². The highest BCUT2D eigenvalue weighted by atomic mass is 16.5. The first-order chi connectivity index (χ1) is 12.2. The lowest BCUT2D eigenvalue weighted by molar-refractivity contribution is -0.121. The van der Waals surface area contributed by atoms with Gasteiger partial charge in [0.25, 0.3) is 0 Å². The van der Waals surface area contributed by atoms with Crippen LogP contribution in [-0.2, 0) is 16.0 Å². The summed E-state index contributed by atoms with van der Waals surface area (Å²) in [5, 5.41) is 12.4. The van der Waals surface area contributed by atoms with E-state index in [0.29, 0.717) is 5.69 Å². The Labute approximate surface area is 149 Å². The standard InChI is InChI=1S/C19H29N3O3/c23-17-5-4-16(20-13-17)12-18(24)21-14-19(6-2-1-3-7-19)15-22-8-10-25-11-9-22/h4-5,13,23H,1-3,6-12,14-15H2,(H,21,24). The molecule has 6 heteroatoms. The van der Waals surface area contributed by atoms with Crippen molar-refractivity contribution in [1.29, 1.82) is 0 Å². The number of rotatable bonds is 6. The Balaban J connectivity index is 1.54. The van der Waals surface area contributed by atoms with Crippen molar-refractivity contribution >= 4 is 5.91 Å². The zero-order valence-electron chi connectivity index (χ0n) is 14.9. The molecule has 2 heterocycles. The van der Waals surface area contributed by atoms with E-state index < -0.39 is 0 Å². The molecule has 1 saturated heterocycles. The minimum Gasteiger partial charge on any atom is -0.506 e. The van der Waals surface area contributed by atoms with E-state index in [1.54, 1.807) is 12.1 Å². The van der Waals surface area contributed by atoms with Gasteiger partial charge in [0.15, 0.2) is 0 Å². The summed E-state index contributed by atoms with van der Waals surface area (Å²) in [6, 6.07) is 3.26. The predicted molar refractivity (Wildman–Crippen MR) is 95.4 cm³/mol. The number of nitrogens with one attached hydrogen (secondary N) is 1. The van der Waals surface area contributed by atoms with Crippen molar-refractivity contribution in [3.05, 3.63) is 24.0 Å². The van der Waals surface area contributed by atoms with Crippen molar-refractivity contribution in [2.75, 3.05) is 39.4 Å². The number of carbonyl (C=O) groups excluding carboxylic acids is 1. The number of pyridine rings is 1. The first-order valence-electron chi connectivity index (χ1n) is 9.36. The van der Waals surface area contributed by atoms with Crippen LogP contribution in [0.25, 0.3) is 0 Å². The molecule has 25 heavy (non-hydrogen) atoms. The molecule has 0 aromatic carbocycles. The number of carbonyl (C=O) groups is 1. The van der Waals surface area contributed by atoms with E-state index >= 15 is 0 Å². The molecule has 0 bridgehead atoms. The topological polar surface area (TPSA) is 74.7 Å². The van der Waals surface area contributed by atoms with Crippen LogP contribution < -0.4 is 5.32 Å². The van der Waals surface area contributed by atoms with Crippen molar-refractivity contribution in [3.63, 3.8) is 0 Å². The quantitative estimate of drug-likeness (QED) is 0.820. The lowest BCUT2D eigenvalue weighted by Crippen LogP contribution is -2.49. The van der Waals surface area contributed by atoms with Crippen LogP contribution in [0.1, 0.15) is 37.8 Å². The van der Waals surface area contributed by atoms with Crippen LogP contribution in [0.2, 0.25) is 0 Å². The number of aromatic nitrogens is 1. The Kier molecular flexibility index (Phi) is 6.26. The second-order valence-corrected chi connectivity index (χ2v) is 7.41. The fourth-order valence-corrected chi connectivity index (χ4v) is 3.96. The van der Waals surface area contributed by atoms with Gasteiger partial charge in [-0.1, -0.05) is 19.3 Å². The van der Waals surface area contributed by atoms with Gasteiger partial charge in [0.2, 0.25) is 5.91 Å². The van der Waals surface area contributed by atoms with Crippen LogP contribution >= 0.6 is 0 Å². The van der Waals surface area contributed by atoms with Crippen LogP contribution in [0, 0.1) is 5.41 Å². The van der Waals surface area contributed by atoms with Crippen LogP contribution in [0.3, 0.4) is 0 Å².